The Morgan fingerprint density at radius 1 is 1.27 bits per heavy atom. The number of nitrogens with zero attached hydrogens (tertiary/aromatic N) is 2. The van der Waals surface area contributed by atoms with Crippen LogP contribution in [0.2, 0.25) is 0 Å². The molecule has 7 heteroatoms. The van der Waals surface area contributed by atoms with E-state index in [0.29, 0.717) is 46.6 Å². The fourth-order valence-electron chi connectivity index (χ4n) is 6.11. The number of aryl methyl sites for hydroxylation is 1. The molecule has 6 nitrogen and oxygen atoms in total. The highest BCUT2D eigenvalue weighted by Crippen LogP contribution is 2.46. The predicted octanol–water partition coefficient (Wildman–Crippen LogP) is 4.23. The molecule has 0 spiro atoms. The molecule has 0 radical (unpaired) electrons. The van der Waals surface area contributed by atoms with Gasteiger partial charge >= 0.3 is 5.97 Å². The molecule has 170 valence electrons. The zero-order chi connectivity index (χ0) is 23.2. The first-order chi connectivity index (χ1) is 15.8. The molecule has 1 aromatic carbocycles. The molecule has 2 atom stereocenters. The van der Waals surface area contributed by atoms with Crippen LogP contribution in [0.1, 0.15) is 66.0 Å². The molecule has 0 N–H and O–H groups in total. The molecule has 0 saturated heterocycles. The standard InChI is InChI=1S/C26H25FN2O4/c1-5-26(32-4)17-8-20-23-15(10-29(20)24(30)16(17)11-33-25(26)31)21-12(2)6-7-14-13(3)18(27)9-19(28-23)22(14)21/h8-9,12H,5-7,10-11H2,1-4H3/t12-,26?/m0/s1. The number of carbonyl (C=O) groups excluding carboxylic acids is 1. The number of aromatic nitrogens is 2. The molecule has 2 aromatic heterocycles. The summed E-state index contributed by atoms with van der Waals surface area (Å²) in [7, 11) is 1.46. The van der Waals surface area contributed by atoms with Gasteiger partial charge in [-0.2, -0.15) is 0 Å². The Bertz CT molecular complexity index is 1450. The Balaban J connectivity index is 1.70. The third-order valence-electron chi connectivity index (χ3n) is 7.98. The van der Waals surface area contributed by atoms with Gasteiger partial charge in [0.05, 0.1) is 29.0 Å². The second-order valence-electron chi connectivity index (χ2n) is 9.42. The van der Waals surface area contributed by atoms with Crippen molar-refractivity contribution in [2.45, 2.75) is 64.7 Å². The molecule has 0 fully saturated rings. The molecule has 0 amide bonds. The SMILES string of the molecule is CCC1(OC)C(=O)OCc2c1cc1n(c2=O)Cc2c-1nc1cc(F)c(C)c3c1c2[C@@H](C)CC3. The Kier molecular flexibility index (Phi) is 4.19. The van der Waals surface area contributed by atoms with Gasteiger partial charge in [-0.1, -0.05) is 13.8 Å². The van der Waals surface area contributed by atoms with Crippen LogP contribution in [0.4, 0.5) is 4.39 Å². The van der Waals surface area contributed by atoms with Gasteiger partial charge in [0.1, 0.15) is 12.4 Å². The maximum atomic E-state index is 14.8. The summed E-state index contributed by atoms with van der Waals surface area (Å²) in [6, 6.07) is 3.37. The third kappa shape index (κ3) is 2.43. The van der Waals surface area contributed by atoms with Gasteiger partial charge in [0.25, 0.3) is 5.56 Å². The van der Waals surface area contributed by atoms with Gasteiger partial charge in [0, 0.05) is 29.7 Å². The number of methoxy groups -OCH3 is 1. The molecular weight excluding hydrogens is 423 g/mol. The van der Waals surface area contributed by atoms with Crippen LogP contribution in [0.3, 0.4) is 0 Å². The van der Waals surface area contributed by atoms with Crippen molar-refractivity contribution >= 4 is 16.9 Å². The van der Waals surface area contributed by atoms with Gasteiger partial charge in [0.2, 0.25) is 0 Å². The fraction of sp³-hybridized carbons (Fsp3) is 0.423. The second kappa shape index (κ2) is 6.73. The number of esters is 1. The molecular formula is C26H25FN2O4. The molecule has 33 heavy (non-hydrogen) atoms. The zero-order valence-electron chi connectivity index (χ0n) is 19.2. The Hall–Kier alpha value is -3.06. The van der Waals surface area contributed by atoms with E-state index in [1.165, 1.54) is 18.7 Å². The molecule has 1 aliphatic carbocycles. The summed E-state index contributed by atoms with van der Waals surface area (Å²) < 4.78 is 27.5. The monoisotopic (exact) mass is 448 g/mol. The van der Waals surface area contributed by atoms with Crippen LogP contribution in [-0.4, -0.2) is 22.6 Å². The molecule has 0 saturated carbocycles. The maximum Gasteiger partial charge on any atom is 0.343 e. The van der Waals surface area contributed by atoms with Crippen molar-refractivity contribution in [3.63, 3.8) is 0 Å². The molecule has 3 aromatic rings. The number of hydrogen-bond donors (Lipinski definition) is 0. The van der Waals surface area contributed by atoms with Crippen molar-refractivity contribution in [1.82, 2.24) is 9.55 Å². The summed E-state index contributed by atoms with van der Waals surface area (Å²) in [4.78, 5) is 31.2. The van der Waals surface area contributed by atoms with Crippen LogP contribution in [0.5, 0.6) is 0 Å². The normalized spacial score (nSPS) is 22.7. The summed E-state index contributed by atoms with van der Waals surface area (Å²) in [5.74, 6) is -0.460. The van der Waals surface area contributed by atoms with E-state index >= 15 is 0 Å². The summed E-state index contributed by atoms with van der Waals surface area (Å²) in [5, 5.41) is 1.04. The van der Waals surface area contributed by atoms with E-state index < -0.39 is 11.6 Å². The van der Waals surface area contributed by atoms with Crippen molar-refractivity contribution in [1.29, 1.82) is 0 Å². The zero-order valence-corrected chi connectivity index (χ0v) is 19.2. The number of ether oxygens (including phenoxy) is 2. The first-order valence-corrected chi connectivity index (χ1v) is 11.5. The predicted molar refractivity (Wildman–Crippen MR) is 121 cm³/mol. The number of pyridine rings is 2. The van der Waals surface area contributed by atoms with Gasteiger partial charge in [-0.3, -0.25) is 4.79 Å². The fourth-order valence-corrected chi connectivity index (χ4v) is 6.11. The van der Waals surface area contributed by atoms with Crippen molar-refractivity contribution in [3.05, 3.63) is 61.7 Å². The topological polar surface area (TPSA) is 70.4 Å². The van der Waals surface area contributed by atoms with E-state index in [1.807, 2.05) is 19.9 Å². The van der Waals surface area contributed by atoms with E-state index in [0.717, 1.165) is 29.4 Å². The average Bonchev–Trinajstić information content (AvgIpc) is 3.17. The quantitative estimate of drug-likeness (QED) is 0.429. The minimum absolute atomic E-state index is 0.0675. The number of hydrogen-bond acceptors (Lipinski definition) is 5. The maximum absolute atomic E-state index is 14.8. The molecule has 6 rings (SSSR count). The molecule has 0 bridgehead atoms. The first kappa shape index (κ1) is 20.5. The number of cyclic esters (lactones) is 1. The minimum Gasteiger partial charge on any atom is -0.458 e. The lowest BCUT2D eigenvalue weighted by Crippen LogP contribution is -2.45. The van der Waals surface area contributed by atoms with Crippen LogP contribution in [-0.2, 0) is 39.4 Å². The Morgan fingerprint density at radius 2 is 2.06 bits per heavy atom. The first-order valence-electron chi connectivity index (χ1n) is 11.5. The Morgan fingerprint density at radius 3 is 2.79 bits per heavy atom. The van der Waals surface area contributed by atoms with Crippen LogP contribution >= 0.6 is 0 Å². The highest BCUT2D eigenvalue weighted by molar-refractivity contribution is 5.93. The van der Waals surface area contributed by atoms with E-state index in [2.05, 4.69) is 6.92 Å². The number of rotatable bonds is 2. The van der Waals surface area contributed by atoms with E-state index in [-0.39, 0.29) is 23.9 Å². The van der Waals surface area contributed by atoms with E-state index in [4.69, 9.17) is 14.5 Å². The minimum atomic E-state index is -1.32. The van der Waals surface area contributed by atoms with Gasteiger partial charge < -0.3 is 14.0 Å². The van der Waals surface area contributed by atoms with Gasteiger partial charge in [-0.05, 0) is 54.9 Å². The van der Waals surface area contributed by atoms with Crippen molar-refractivity contribution < 1.29 is 18.7 Å². The van der Waals surface area contributed by atoms with Gasteiger partial charge in [-0.15, -0.1) is 0 Å². The second-order valence-corrected chi connectivity index (χ2v) is 9.42. The summed E-state index contributed by atoms with van der Waals surface area (Å²) in [6.45, 7) is 6.20. The van der Waals surface area contributed by atoms with Crippen LogP contribution < -0.4 is 5.56 Å². The van der Waals surface area contributed by atoms with Crippen LogP contribution in [0, 0.1) is 12.7 Å². The van der Waals surface area contributed by atoms with Gasteiger partial charge in [0.15, 0.2) is 5.60 Å². The lowest BCUT2D eigenvalue weighted by molar-refractivity contribution is -0.176. The molecule has 4 heterocycles. The average molecular weight is 448 g/mol. The lowest BCUT2D eigenvalue weighted by Gasteiger charge is -2.35. The van der Waals surface area contributed by atoms with Crippen molar-refractivity contribution in [2.75, 3.05) is 7.11 Å². The van der Waals surface area contributed by atoms with Gasteiger partial charge in [-0.25, -0.2) is 14.2 Å². The lowest BCUT2D eigenvalue weighted by atomic mass is 9.79. The summed E-state index contributed by atoms with van der Waals surface area (Å²) in [6.07, 6.45) is 2.09. The largest absolute Gasteiger partial charge is 0.458 e. The summed E-state index contributed by atoms with van der Waals surface area (Å²) >= 11 is 0. The number of carbonyl (C=O) groups is 1. The smallest absolute Gasteiger partial charge is 0.343 e. The molecule has 1 unspecified atom stereocenters. The van der Waals surface area contributed by atoms with Crippen molar-refractivity contribution in [3.8, 4) is 11.4 Å². The third-order valence-corrected chi connectivity index (χ3v) is 7.98. The van der Waals surface area contributed by atoms with Crippen molar-refractivity contribution in [2.24, 2.45) is 0 Å². The highest BCUT2D eigenvalue weighted by Gasteiger charge is 2.47. The van der Waals surface area contributed by atoms with E-state index in [9.17, 15) is 14.0 Å². The van der Waals surface area contributed by atoms with Crippen LogP contribution in [0.15, 0.2) is 16.9 Å². The summed E-state index contributed by atoms with van der Waals surface area (Å²) in [5.41, 5.74) is 5.36. The van der Waals surface area contributed by atoms with Crippen LogP contribution in [0.25, 0.3) is 22.3 Å². The highest BCUT2D eigenvalue weighted by atomic mass is 19.1. The molecule has 3 aliphatic rings. The molecule has 2 aliphatic heterocycles. The Labute approximate surface area is 190 Å². The number of halogens is 1. The van der Waals surface area contributed by atoms with E-state index in [1.54, 1.807) is 4.57 Å². The number of fused-ring (bicyclic) bond motifs is 5. The number of benzene rings is 1.